The molecule has 1 amide bonds. The Balaban J connectivity index is 2.00. The number of Topliss-reactive ketones (excluding diaryl/α,β-unsaturated/α-hetero) is 1. The van der Waals surface area contributed by atoms with Crippen molar-refractivity contribution in [2.24, 2.45) is 5.92 Å². The lowest BCUT2D eigenvalue weighted by Crippen LogP contribution is -2.43. The molecule has 0 spiro atoms. The molecule has 132 valence electrons. The van der Waals surface area contributed by atoms with Crippen LogP contribution >= 0.6 is 15.9 Å². The number of aromatic nitrogens is 2. The van der Waals surface area contributed by atoms with E-state index in [1.54, 1.807) is 23.7 Å². The highest BCUT2D eigenvalue weighted by molar-refractivity contribution is 9.10. The average Bonchev–Trinajstić information content (AvgIpc) is 2.92. The van der Waals surface area contributed by atoms with Crippen LogP contribution in [0, 0.1) is 11.7 Å². The van der Waals surface area contributed by atoms with Crippen LogP contribution in [0.5, 0.6) is 0 Å². The molecular weight excluding hydrogens is 393 g/mol. The molecule has 2 heterocycles. The van der Waals surface area contributed by atoms with Gasteiger partial charge in [-0.05, 0) is 46.5 Å². The molecule has 1 aliphatic heterocycles. The van der Waals surface area contributed by atoms with Crippen molar-refractivity contribution in [3.8, 4) is 0 Å². The summed E-state index contributed by atoms with van der Waals surface area (Å²) >= 11 is 3.34. The molecule has 1 N–H and O–H groups in total. The second-order valence-electron chi connectivity index (χ2n) is 5.95. The Hall–Kier alpha value is -2.06. The summed E-state index contributed by atoms with van der Waals surface area (Å²) in [5.74, 6) is -1.46. The van der Waals surface area contributed by atoms with Gasteiger partial charge in [-0.2, -0.15) is 0 Å². The second kappa shape index (κ2) is 7.05. The molecule has 1 unspecified atom stereocenters. The predicted molar refractivity (Wildman–Crippen MR) is 93.0 cm³/mol. The van der Waals surface area contributed by atoms with Crippen molar-refractivity contribution < 1.29 is 19.1 Å². The Morgan fingerprint density at radius 3 is 2.60 bits per heavy atom. The van der Waals surface area contributed by atoms with Gasteiger partial charge >= 0.3 is 0 Å². The zero-order chi connectivity index (χ0) is 18.1. The minimum Gasteiger partial charge on any atom is -0.396 e. The topological polar surface area (TPSA) is 75.4 Å². The number of amides is 1. The lowest BCUT2D eigenvalue weighted by Gasteiger charge is -2.28. The van der Waals surface area contributed by atoms with E-state index in [0.717, 1.165) is 5.56 Å². The van der Waals surface area contributed by atoms with Gasteiger partial charge in [0.15, 0.2) is 16.3 Å². The summed E-state index contributed by atoms with van der Waals surface area (Å²) in [6.45, 7) is 0.246. The monoisotopic (exact) mass is 409 g/mol. The van der Waals surface area contributed by atoms with Crippen LogP contribution in [-0.4, -0.2) is 40.0 Å². The van der Waals surface area contributed by atoms with Crippen LogP contribution in [0.4, 0.5) is 10.2 Å². The van der Waals surface area contributed by atoms with E-state index in [1.165, 1.54) is 17.0 Å². The Labute approximate surface area is 152 Å². The largest absolute Gasteiger partial charge is 0.396 e. The van der Waals surface area contributed by atoms with Crippen molar-refractivity contribution >= 4 is 33.4 Å². The fourth-order valence-electron chi connectivity index (χ4n) is 2.97. The smallest absolute Gasteiger partial charge is 0.238 e. The van der Waals surface area contributed by atoms with E-state index < -0.39 is 5.92 Å². The maximum atomic E-state index is 13.1. The summed E-state index contributed by atoms with van der Waals surface area (Å²) in [5, 5.41) is 9.01. The summed E-state index contributed by atoms with van der Waals surface area (Å²) < 4.78 is 15.2. The third kappa shape index (κ3) is 3.23. The van der Waals surface area contributed by atoms with Crippen LogP contribution in [0.15, 0.2) is 29.0 Å². The molecule has 1 aliphatic rings. The maximum absolute atomic E-state index is 13.1. The fourth-order valence-corrected chi connectivity index (χ4v) is 3.44. The fraction of sp³-hybridized carbons (Fsp3) is 0.353. The highest BCUT2D eigenvalue weighted by Crippen LogP contribution is 2.34. The number of halogens is 2. The molecular formula is C17H17BrFN3O3. The third-order valence-corrected chi connectivity index (χ3v) is 4.91. The maximum Gasteiger partial charge on any atom is 0.238 e. The first-order valence-electron chi connectivity index (χ1n) is 7.87. The van der Waals surface area contributed by atoms with Crippen molar-refractivity contribution in [1.29, 1.82) is 0 Å². The first-order chi connectivity index (χ1) is 11.9. The molecule has 0 radical (unpaired) electrons. The van der Waals surface area contributed by atoms with Crippen LogP contribution in [-0.2, 0) is 11.3 Å². The van der Waals surface area contributed by atoms with E-state index in [1.807, 2.05) is 0 Å². The van der Waals surface area contributed by atoms with Crippen LogP contribution < -0.4 is 4.90 Å². The zero-order valence-corrected chi connectivity index (χ0v) is 15.2. The van der Waals surface area contributed by atoms with Crippen LogP contribution in [0.25, 0.3) is 0 Å². The number of imidazole rings is 1. The number of nitrogens with zero attached hydrogens (tertiary/aromatic N) is 3. The van der Waals surface area contributed by atoms with Crippen LogP contribution in [0.1, 0.15) is 28.9 Å². The number of aliphatic hydroxyl groups is 1. The lowest BCUT2D eigenvalue weighted by molar-refractivity contribution is -0.121. The molecule has 0 saturated heterocycles. The van der Waals surface area contributed by atoms with E-state index in [-0.39, 0.29) is 30.5 Å². The minimum absolute atomic E-state index is 0.0772. The molecule has 1 aromatic heterocycles. The molecule has 1 atom stereocenters. The van der Waals surface area contributed by atoms with Gasteiger partial charge in [-0.25, -0.2) is 9.37 Å². The Morgan fingerprint density at radius 2 is 1.96 bits per heavy atom. The van der Waals surface area contributed by atoms with Crippen molar-refractivity contribution in [2.75, 3.05) is 18.6 Å². The van der Waals surface area contributed by atoms with Gasteiger partial charge in [0.2, 0.25) is 5.91 Å². The Morgan fingerprint density at radius 1 is 1.28 bits per heavy atom. The van der Waals surface area contributed by atoms with Crippen LogP contribution in [0.3, 0.4) is 0 Å². The number of carbonyl (C=O) groups excluding carboxylic acids is 2. The molecule has 0 fully saturated rings. The summed E-state index contributed by atoms with van der Waals surface area (Å²) in [7, 11) is 1.58. The normalized spacial score (nSPS) is 17.1. The number of fused-ring (bicyclic) bond motifs is 1. The quantitative estimate of drug-likeness (QED) is 0.769. The van der Waals surface area contributed by atoms with Crippen molar-refractivity contribution in [3.05, 3.63) is 46.1 Å². The second-order valence-corrected chi connectivity index (χ2v) is 6.65. The molecule has 25 heavy (non-hydrogen) atoms. The molecule has 0 aliphatic carbocycles. The van der Waals surface area contributed by atoms with E-state index >= 15 is 0 Å². The molecule has 3 rings (SSSR count). The number of carbonyl (C=O) groups is 2. The molecule has 0 saturated carbocycles. The molecule has 6 nitrogen and oxygen atoms in total. The highest BCUT2D eigenvalue weighted by Gasteiger charge is 2.41. The predicted octanol–water partition coefficient (Wildman–Crippen LogP) is 2.38. The van der Waals surface area contributed by atoms with Gasteiger partial charge in [0.05, 0.1) is 6.54 Å². The number of anilines is 1. The van der Waals surface area contributed by atoms with Crippen molar-refractivity contribution in [2.45, 2.75) is 19.4 Å². The van der Waals surface area contributed by atoms with E-state index in [0.29, 0.717) is 29.2 Å². The first-order valence-corrected chi connectivity index (χ1v) is 8.66. The zero-order valence-electron chi connectivity index (χ0n) is 13.6. The van der Waals surface area contributed by atoms with Gasteiger partial charge < -0.3 is 9.67 Å². The van der Waals surface area contributed by atoms with Gasteiger partial charge in [0, 0.05) is 13.7 Å². The minimum atomic E-state index is -0.819. The molecule has 0 bridgehead atoms. The summed E-state index contributed by atoms with van der Waals surface area (Å²) in [4.78, 5) is 31.0. The number of aliphatic hydroxyl groups excluding tert-OH is 1. The van der Waals surface area contributed by atoms with Gasteiger partial charge in [0.1, 0.15) is 17.4 Å². The van der Waals surface area contributed by atoms with Gasteiger partial charge in [0.25, 0.3) is 0 Å². The molecule has 1 aromatic carbocycles. The van der Waals surface area contributed by atoms with Crippen molar-refractivity contribution in [1.82, 2.24) is 9.55 Å². The Bertz CT molecular complexity index is 819. The molecule has 8 heteroatoms. The van der Waals surface area contributed by atoms with Crippen LogP contribution in [0.2, 0.25) is 0 Å². The number of rotatable bonds is 5. The van der Waals surface area contributed by atoms with E-state index in [2.05, 4.69) is 20.9 Å². The standard InChI is InChI=1S/C17H17BrFN3O3/c1-21-15-13(14(24)12(16(21)25)3-2-8-23)22(17(18)20-15)9-10-4-6-11(19)7-5-10/h4-7,12,23H,2-3,8-9H2,1H3. The number of hydrogen-bond donors (Lipinski definition) is 1. The average molecular weight is 410 g/mol. The third-order valence-electron chi connectivity index (χ3n) is 4.30. The van der Waals surface area contributed by atoms with E-state index in [9.17, 15) is 14.0 Å². The number of benzene rings is 1. The lowest BCUT2D eigenvalue weighted by atomic mass is 9.91. The summed E-state index contributed by atoms with van der Waals surface area (Å²) in [6.07, 6.45) is 0.663. The Kier molecular flexibility index (Phi) is 5.01. The first kappa shape index (κ1) is 17.8. The highest BCUT2D eigenvalue weighted by atomic mass is 79.9. The van der Waals surface area contributed by atoms with Gasteiger partial charge in [-0.15, -0.1) is 0 Å². The number of hydrogen-bond acceptors (Lipinski definition) is 4. The summed E-state index contributed by atoms with van der Waals surface area (Å²) in [5.41, 5.74) is 1.16. The van der Waals surface area contributed by atoms with E-state index in [4.69, 9.17) is 5.11 Å². The number of ketones is 1. The molecule has 2 aromatic rings. The van der Waals surface area contributed by atoms with Gasteiger partial charge in [-0.1, -0.05) is 12.1 Å². The van der Waals surface area contributed by atoms with Gasteiger partial charge in [-0.3, -0.25) is 14.5 Å². The summed E-state index contributed by atoms with van der Waals surface area (Å²) in [6, 6.07) is 5.99. The SMILES string of the molecule is CN1C(=O)C(CCCO)C(=O)c2c1nc(Br)n2Cc1ccc(F)cc1. The van der Waals surface area contributed by atoms with Crippen molar-refractivity contribution in [3.63, 3.8) is 0 Å².